The lowest BCUT2D eigenvalue weighted by atomic mass is 10.2. The van der Waals surface area contributed by atoms with Crippen LogP contribution in [-0.2, 0) is 0 Å². The molecule has 2 rings (SSSR count). The van der Waals surface area contributed by atoms with Crippen molar-refractivity contribution in [2.45, 2.75) is 6.92 Å². The number of rotatable bonds is 3. The Balaban J connectivity index is 2.11. The van der Waals surface area contributed by atoms with Crippen molar-refractivity contribution >= 4 is 11.7 Å². The number of non-ortho nitro benzene ring substituents is 1. The molecular weight excluding hydrogens is 240 g/mol. The summed E-state index contributed by atoms with van der Waals surface area (Å²) in [4.78, 5) is 21.5. The maximum atomic E-state index is 11.6. The largest absolute Gasteiger partial charge is 0.400 e. The molecule has 1 aromatic heterocycles. The predicted octanol–water partition coefficient (Wildman–Crippen LogP) is 2.11. The minimum Gasteiger partial charge on any atom is -0.400 e. The van der Waals surface area contributed by atoms with Gasteiger partial charge in [-0.15, -0.1) is 0 Å². The first kappa shape index (κ1) is 11.8. The molecule has 0 unspecified atom stereocenters. The number of carbonyl (C=O) groups is 1. The number of nitro groups is 1. The van der Waals surface area contributed by atoms with Crippen molar-refractivity contribution in [2.24, 2.45) is 0 Å². The van der Waals surface area contributed by atoms with Crippen LogP contribution in [0.5, 0.6) is 5.88 Å². The van der Waals surface area contributed by atoms with Crippen molar-refractivity contribution < 1.29 is 19.0 Å². The zero-order valence-corrected chi connectivity index (χ0v) is 9.32. The number of esters is 1. The Kier molecular flexibility index (Phi) is 3.05. The molecule has 2 aromatic rings. The van der Waals surface area contributed by atoms with Crippen molar-refractivity contribution in [1.29, 1.82) is 0 Å². The summed E-state index contributed by atoms with van der Waals surface area (Å²) >= 11 is 0. The van der Waals surface area contributed by atoms with Gasteiger partial charge in [-0.25, -0.2) is 4.79 Å². The highest BCUT2D eigenvalue weighted by Gasteiger charge is 2.13. The van der Waals surface area contributed by atoms with Gasteiger partial charge in [-0.2, -0.15) is 0 Å². The smallest absolute Gasteiger partial charge is 0.344 e. The van der Waals surface area contributed by atoms with Gasteiger partial charge < -0.3 is 9.26 Å². The Bertz CT molecular complexity index is 588. The summed E-state index contributed by atoms with van der Waals surface area (Å²) in [5.41, 5.74) is 0.102. The maximum Gasteiger partial charge on any atom is 0.344 e. The molecule has 0 aliphatic rings. The van der Waals surface area contributed by atoms with E-state index in [9.17, 15) is 14.9 Å². The van der Waals surface area contributed by atoms with Crippen LogP contribution in [0.3, 0.4) is 0 Å². The minimum atomic E-state index is -0.654. The molecule has 0 spiro atoms. The fraction of sp³-hybridized carbons (Fsp3) is 0.0909. The molecule has 0 N–H and O–H groups in total. The fourth-order valence-corrected chi connectivity index (χ4v) is 1.26. The van der Waals surface area contributed by atoms with Crippen LogP contribution < -0.4 is 4.74 Å². The van der Waals surface area contributed by atoms with E-state index >= 15 is 0 Å². The molecule has 0 bridgehead atoms. The van der Waals surface area contributed by atoms with Crippen LogP contribution in [0, 0.1) is 17.0 Å². The van der Waals surface area contributed by atoms with Gasteiger partial charge in [-0.1, -0.05) is 0 Å². The van der Waals surface area contributed by atoms with Gasteiger partial charge >= 0.3 is 5.97 Å². The number of aromatic nitrogens is 1. The van der Waals surface area contributed by atoms with E-state index in [-0.39, 0.29) is 17.1 Å². The maximum absolute atomic E-state index is 11.6. The van der Waals surface area contributed by atoms with Gasteiger partial charge in [0.1, 0.15) is 5.76 Å². The normalized spacial score (nSPS) is 10.1. The summed E-state index contributed by atoms with van der Waals surface area (Å²) in [6, 6.07) is 6.54. The minimum absolute atomic E-state index is 0.0517. The Morgan fingerprint density at radius 3 is 2.56 bits per heavy atom. The number of aryl methyl sites for hydroxylation is 1. The average Bonchev–Trinajstić information content (AvgIpc) is 2.75. The van der Waals surface area contributed by atoms with Crippen LogP contribution in [-0.4, -0.2) is 16.0 Å². The molecule has 1 heterocycles. The number of hydrogen-bond acceptors (Lipinski definition) is 6. The van der Waals surface area contributed by atoms with E-state index in [0.29, 0.717) is 5.76 Å². The van der Waals surface area contributed by atoms with Crippen molar-refractivity contribution in [3.8, 4) is 5.88 Å². The summed E-state index contributed by atoms with van der Waals surface area (Å²) in [5.74, 6) is -0.0875. The summed E-state index contributed by atoms with van der Waals surface area (Å²) in [5, 5.41) is 13.9. The average molecular weight is 248 g/mol. The Morgan fingerprint density at radius 1 is 1.39 bits per heavy atom. The molecule has 1 aromatic carbocycles. The molecule has 7 heteroatoms. The third kappa shape index (κ3) is 2.51. The summed E-state index contributed by atoms with van der Waals surface area (Å²) in [7, 11) is 0. The second-order valence-electron chi connectivity index (χ2n) is 3.47. The second-order valence-corrected chi connectivity index (χ2v) is 3.47. The highest BCUT2D eigenvalue weighted by molar-refractivity contribution is 5.91. The predicted molar refractivity (Wildman–Crippen MR) is 59.3 cm³/mol. The highest BCUT2D eigenvalue weighted by Crippen LogP contribution is 2.15. The molecule has 92 valence electrons. The SMILES string of the molecule is Cc1cc(OC(=O)c2ccc([N+](=O)[O-])cc2)no1. The lowest BCUT2D eigenvalue weighted by molar-refractivity contribution is -0.384. The van der Waals surface area contributed by atoms with Crippen LogP contribution in [0.15, 0.2) is 34.9 Å². The molecule has 0 saturated carbocycles. The van der Waals surface area contributed by atoms with Crippen LogP contribution in [0.2, 0.25) is 0 Å². The molecule has 0 saturated heterocycles. The van der Waals surface area contributed by atoms with E-state index in [1.165, 1.54) is 30.3 Å². The van der Waals surface area contributed by atoms with Gasteiger partial charge in [-0.3, -0.25) is 10.1 Å². The van der Waals surface area contributed by atoms with E-state index in [0.717, 1.165) is 0 Å². The quantitative estimate of drug-likeness (QED) is 0.469. The first-order valence-electron chi connectivity index (χ1n) is 4.96. The lowest BCUT2D eigenvalue weighted by Crippen LogP contribution is -2.08. The molecule has 7 nitrogen and oxygen atoms in total. The Hall–Kier alpha value is -2.70. The Morgan fingerprint density at radius 2 is 2.06 bits per heavy atom. The molecule has 0 fully saturated rings. The van der Waals surface area contributed by atoms with Gasteiger partial charge in [-0.05, 0) is 24.2 Å². The van der Waals surface area contributed by atoms with E-state index in [1.807, 2.05) is 0 Å². The van der Waals surface area contributed by atoms with E-state index in [2.05, 4.69) is 5.16 Å². The van der Waals surface area contributed by atoms with E-state index < -0.39 is 10.9 Å². The third-order valence-electron chi connectivity index (χ3n) is 2.12. The van der Waals surface area contributed by atoms with Crippen LogP contribution in [0.4, 0.5) is 5.69 Å². The number of hydrogen-bond donors (Lipinski definition) is 0. The van der Waals surface area contributed by atoms with Crippen LogP contribution >= 0.6 is 0 Å². The molecule has 0 aliphatic heterocycles. The van der Waals surface area contributed by atoms with Gasteiger partial charge in [0.25, 0.3) is 11.6 Å². The van der Waals surface area contributed by atoms with Crippen molar-refractivity contribution in [3.63, 3.8) is 0 Å². The van der Waals surface area contributed by atoms with Crippen molar-refractivity contribution in [3.05, 3.63) is 51.8 Å². The first-order chi connectivity index (χ1) is 8.56. The number of benzene rings is 1. The highest BCUT2D eigenvalue weighted by atomic mass is 16.6. The lowest BCUT2D eigenvalue weighted by Gasteiger charge is -1.99. The van der Waals surface area contributed by atoms with Crippen LogP contribution in [0.25, 0.3) is 0 Å². The van der Waals surface area contributed by atoms with Gasteiger partial charge in [0.05, 0.1) is 10.5 Å². The second kappa shape index (κ2) is 4.66. The van der Waals surface area contributed by atoms with Gasteiger partial charge in [0.2, 0.25) is 0 Å². The first-order valence-corrected chi connectivity index (χ1v) is 4.96. The molecule has 0 aliphatic carbocycles. The van der Waals surface area contributed by atoms with E-state index in [4.69, 9.17) is 9.26 Å². The standard InChI is InChI=1S/C11H8N2O5/c1-7-6-10(12-18-7)17-11(14)8-2-4-9(5-3-8)13(15)16/h2-6H,1H3. The fourth-order valence-electron chi connectivity index (χ4n) is 1.26. The van der Waals surface area contributed by atoms with Crippen LogP contribution in [0.1, 0.15) is 16.1 Å². The Labute approximate surface area is 101 Å². The topological polar surface area (TPSA) is 95.5 Å². The molecular formula is C11H8N2O5. The summed E-state index contributed by atoms with van der Waals surface area (Å²) in [6.07, 6.45) is 0. The zero-order chi connectivity index (χ0) is 13.1. The third-order valence-corrected chi connectivity index (χ3v) is 2.12. The van der Waals surface area contributed by atoms with Crippen molar-refractivity contribution in [1.82, 2.24) is 5.16 Å². The summed E-state index contributed by atoms with van der Waals surface area (Å²) < 4.78 is 9.64. The van der Waals surface area contributed by atoms with Gasteiger partial charge in [0.15, 0.2) is 0 Å². The summed E-state index contributed by atoms with van der Waals surface area (Å²) in [6.45, 7) is 1.66. The molecule has 0 amide bonds. The van der Waals surface area contributed by atoms with E-state index in [1.54, 1.807) is 6.92 Å². The van der Waals surface area contributed by atoms with Crippen molar-refractivity contribution in [2.75, 3.05) is 0 Å². The number of nitrogens with zero attached hydrogens (tertiary/aromatic N) is 2. The molecule has 0 atom stereocenters. The van der Waals surface area contributed by atoms with Gasteiger partial charge in [0, 0.05) is 18.2 Å². The molecule has 0 radical (unpaired) electrons. The zero-order valence-electron chi connectivity index (χ0n) is 9.32. The monoisotopic (exact) mass is 248 g/mol. The number of carbonyl (C=O) groups excluding carboxylic acids is 1. The number of nitro benzene ring substituents is 1. The molecule has 18 heavy (non-hydrogen) atoms. The number of ether oxygens (including phenoxy) is 1.